The first-order valence-electron chi connectivity index (χ1n) is 9.49. The summed E-state index contributed by atoms with van der Waals surface area (Å²) in [6, 6.07) is 9.58. The van der Waals surface area contributed by atoms with Crippen LogP contribution in [0.1, 0.15) is 48.5 Å². The molecular weight excluding hydrogens is 340 g/mol. The van der Waals surface area contributed by atoms with Crippen molar-refractivity contribution in [2.75, 3.05) is 5.32 Å². The van der Waals surface area contributed by atoms with Crippen LogP contribution in [0.15, 0.2) is 48.9 Å². The molecule has 1 saturated carbocycles. The normalized spacial score (nSPS) is 19.9. The highest BCUT2D eigenvalue weighted by atomic mass is 16.5. The first kappa shape index (κ1) is 17.7. The van der Waals surface area contributed by atoms with Gasteiger partial charge in [-0.15, -0.1) is 0 Å². The second kappa shape index (κ2) is 7.88. The summed E-state index contributed by atoms with van der Waals surface area (Å²) in [6.45, 7) is 2.86. The van der Waals surface area contributed by atoms with Crippen LogP contribution in [-0.4, -0.2) is 26.6 Å². The Morgan fingerprint density at radius 3 is 3.15 bits per heavy atom. The Kier molecular flexibility index (Phi) is 5.16. The minimum absolute atomic E-state index is 0.220. The maximum Gasteiger partial charge on any atom is 0.261 e. The monoisotopic (exact) mass is 364 g/mol. The van der Waals surface area contributed by atoms with Crippen LogP contribution in [0.3, 0.4) is 0 Å². The first-order chi connectivity index (χ1) is 13.2. The van der Waals surface area contributed by atoms with Crippen LogP contribution in [-0.2, 0) is 11.3 Å². The Morgan fingerprint density at radius 1 is 1.33 bits per heavy atom. The van der Waals surface area contributed by atoms with Crippen LogP contribution < -0.4 is 5.32 Å². The molecule has 1 aromatic carbocycles. The fraction of sp³-hybridized carbons (Fsp3) is 0.381. The summed E-state index contributed by atoms with van der Waals surface area (Å²) in [4.78, 5) is 16.8. The number of fused-ring (bicyclic) bond motifs is 1. The molecule has 2 atom stereocenters. The van der Waals surface area contributed by atoms with Crippen molar-refractivity contribution in [1.82, 2.24) is 14.6 Å². The molecule has 0 radical (unpaired) electrons. The molecule has 0 bridgehead atoms. The molecule has 0 spiro atoms. The molecule has 2 aromatic heterocycles. The highest BCUT2D eigenvalue weighted by Crippen LogP contribution is 2.26. The fourth-order valence-corrected chi connectivity index (χ4v) is 3.67. The van der Waals surface area contributed by atoms with E-state index in [0.717, 1.165) is 30.0 Å². The number of carbonyl (C=O) groups excluding carboxylic acids is 1. The van der Waals surface area contributed by atoms with Crippen molar-refractivity contribution in [2.45, 2.75) is 45.3 Å². The summed E-state index contributed by atoms with van der Waals surface area (Å²) in [7, 11) is 0. The van der Waals surface area contributed by atoms with Crippen LogP contribution in [0.5, 0.6) is 0 Å². The minimum Gasteiger partial charge on any atom is -0.374 e. The number of benzene rings is 1. The number of ether oxygens (including phenoxy) is 1. The lowest BCUT2D eigenvalue weighted by Gasteiger charge is -2.26. The highest BCUT2D eigenvalue weighted by molar-refractivity contribution is 6.08. The maximum absolute atomic E-state index is 12.6. The van der Waals surface area contributed by atoms with Gasteiger partial charge in [-0.05, 0) is 42.5 Å². The molecule has 140 valence electrons. The van der Waals surface area contributed by atoms with Gasteiger partial charge in [0.2, 0.25) is 0 Å². The predicted octanol–water partition coefficient (Wildman–Crippen LogP) is 4.08. The second-order valence-corrected chi connectivity index (χ2v) is 7.31. The molecule has 6 nitrogen and oxygen atoms in total. The third-order valence-electron chi connectivity index (χ3n) is 5.08. The fourth-order valence-electron chi connectivity index (χ4n) is 3.67. The molecule has 1 fully saturated rings. The number of hydrogen-bond donors (Lipinski definition) is 1. The molecular formula is C21H24N4O2. The van der Waals surface area contributed by atoms with Gasteiger partial charge >= 0.3 is 0 Å². The van der Waals surface area contributed by atoms with Crippen molar-refractivity contribution < 1.29 is 9.53 Å². The zero-order valence-electron chi connectivity index (χ0n) is 15.5. The standard InChI is InChI=1S/C21H24N4O2/c1-15-5-2-8-18(11-15)27-14-16-6-3-7-17(12-16)24-21(26)19-13-23-25-10-4-9-22-20(19)25/h3-4,6-7,9-10,12-13,15,18H,2,5,8,11,14H2,1H3,(H,24,26)/t15-,18-/m0/s1. The third kappa shape index (κ3) is 4.17. The molecule has 0 aliphatic heterocycles. The van der Waals surface area contributed by atoms with Crippen LogP contribution in [0.25, 0.3) is 5.65 Å². The summed E-state index contributed by atoms with van der Waals surface area (Å²) >= 11 is 0. The Bertz CT molecular complexity index is 937. The zero-order chi connectivity index (χ0) is 18.6. The molecule has 27 heavy (non-hydrogen) atoms. The van der Waals surface area contributed by atoms with Gasteiger partial charge in [0.05, 0.1) is 18.9 Å². The topological polar surface area (TPSA) is 68.5 Å². The molecule has 0 unspecified atom stereocenters. The third-order valence-corrected chi connectivity index (χ3v) is 5.08. The molecule has 2 heterocycles. The van der Waals surface area contributed by atoms with E-state index in [2.05, 4.69) is 22.3 Å². The van der Waals surface area contributed by atoms with E-state index in [9.17, 15) is 4.79 Å². The smallest absolute Gasteiger partial charge is 0.261 e. The lowest BCUT2D eigenvalue weighted by atomic mass is 9.89. The summed E-state index contributed by atoms with van der Waals surface area (Å²) < 4.78 is 7.68. The number of nitrogens with zero attached hydrogens (tertiary/aromatic N) is 3. The van der Waals surface area contributed by atoms with Gasteiger partial charge < -0.3 is 10.1 Å². The molecule has 4 rings (SSSR count). The molecule has 0 saturated heterocycles. The predicted molar refractivity (Wildman–Crippen MR) is 104 cm³/mol. The average Bonchev–Trinajstić information content (AvgIpc) is 3.11. The Balaban J connectivity index is 1.41. The average molecular weight is 364 g/mol. The van der Waals surface area contributed by atoms with Crippen LogP contribution in [0.4, 0.5) is 5.69 Å². The van der Waals surface area contributed by atoms with E-state index < -0.39 is 0 Å². The maximum atomic E-state index is 12.6. The van der Waals surface area contributed by atoms with Crippen LogP contribution in [0, 0.1) is 5.92 Å². The number of amides is 1. The van der Waals surface area contributed by atoms with Gasteiger partial charge in [0.15, 0.2) is 5.65 Å². The van der Waals surface area contributed by atoms with Crippen molar-refractivity contribution in [2.24, 2.45) is 5.92 Å². The van der Waals surface area contributed by atoms with E-state index in [-0.39, 0.29) is 5.91 Å². The Labute approximate surface area is 158 Å². The highest BCUT2D eigenvalue weighted by Gasteiger charge is 2.19. The first-order valence-corrected chi connectivity index (χ1v) is 9.49. The zero-order valence-corrected chi connectivity index (χ0v) is 15.5. The number of rotatable bonds is 5. The number of anilines is 1. The Hall–Kier alpha value is -2.73. The van der Waals surface area contributed by atoms with E-state index in [1.54, 1.807) is 23.0 Å². The van der Waals surface area contributed by atoms with E-state index in [0.29, 0.717) is 23.9 Å². The quantitative estimate of drug-likeness (QED) is 0.741. The second-order valence-electron chi connectivity index (χ2n) is 7.31. The lowest BCUT2D eigenvalue weighted by Crippen LogP contribution is -2.21. The van der Waals surface area contributed by atoms with E-state index >= 15 is 0 Å². The minimum atomic E-state index is -0.220. The summed E-state index contributed by atoms with van der Waals surface area (Å²) in [6.07, 6.45) is 10.1. The molecule has 1 aliphatic carbocycles. The van der Waals surface area contributed by atoms with Gasteiger partial charge in [-0.3, -0.25) is 4.79 Å². The summed E-state index contributed by atoms with van der Waals surface area (Å²) in [5.41, 5.74) is 2.80. The number of carbonyl (C=O) groups is 1. The molecule has 6 heteroatoms. The van der Waals surface area contributed by atoms with Gasteiger partial charge in [-0.25, -0.2) is 9.50 Å². The van der Waals surface area contributed by atoms with E-state index in [1.807, 2.05) is 24.3 Å². The van der Waals surface area contributed by atoms with Crippen LogP contribution >= 0.6 is 0 Å². The van der Waals surface area contributed by atoms with Gasteiger partial charge in [0, 0.05) is 18.1 Å². The lowest BCUT2D eigenvalue weighted by molar-refractivity contribution is 0.00468. The number of hydrogen-bond acceptors (Lipinski definition) is 4. The van der Waals surface area contributed by atoms with Gasteiger partial charge in [-0.1, -0.05) is 31.9 Å². The van der Waals surface area contributed by atoms with Gasteiger partial charge in [-0.2, -0.15) is 5.10 Å². The molecule has 1 N–H and O–H groups in total. The van der Waals surface area contributed by atoms with E-state index in [1.165, 1.54) is 19.0 Å². The van der Waals surface area contributed by atoms with Crippen molar-refractivity contribution in [3.05, 3.63) is 60.0 Å². The SMILES string of the molecule is C[C@H]1CCC[C@H](OCc2cccc(NC(=O)c3cnn4cccnc34)c2)C1. The van der Waals surface area contributed by atoms with E-state index in [4.69, 9.17) is 4.74 Å². The molecule has 3 aromatic rings. The van der Waals surface area contributed by atoms with Gasteiger partial charge in [0.25, 0.3) is 5.91 Å². The Morgan fingerprint density at radius 2 is 2.26 bits per heavy atom. The largest absolute Gasteiger partial charge is 0.374 e. The molecule has 1 aliphatic rings. The van der Waals surface area contributed by atoms with Crippen molar-refractivity contribution in [1.29, 1.82) is 0 Å². The summed E-state index contributed by atoms with van der Waals surface area (Å²) in [5.74, 6) is 0.525. The van der Waals surface area contributed by atoms with Crippen LogP contribution in [0.2, 0.25) is 0 Å². The van der Waals surface area contributed by atoms with Crippen molar-refractivity contribution in [3.8, 4) is 0 Å². The number of aromatic nitrogens is 3. The van der Waals surface area contributed by atoms with Crippen molar-refractivity contribution in [3.63, 3.8) is 0 Å². The van der Waals surface area contributed by atoms with Gasteiger partial charge in [0.1, 0.15) is 5.56 Å². The number of nitrogens with one attached hydrogen (secondary N) is 1. The van der Waals surface area contributed by atoms with Crippen molar-refractivity contribution >= 4 is 17.2 Å². The summed E-state index contributed by atoms with van der Waals surface area (Å²) in [5, 5.41) is 7.09. The molecule has 1 amide bonds.